The van der Waals surface area contributed by atoms with Crippen molar-refractivity contribution < 1.29 is 0 Å². The Morgan fingerprint density at radius 1 is 1.53 bits per heavy atom. The van der Waals surface area contributed by atoms with Crippen molar-refractivity contribution in [1.29, 1.82) is 5.26 Å². The minimum absolute atomic E-state index is 0.506. The third-order valence-corrected chi connectivity index (χ3v) is 5.18. The van der Waals surface area contributed by atoms with Gasteiger partial charge in [0, 0.05) is 11.8 Å². The van der Waals surface area contributed by atoms with Crippen molar-refractivity contribution in [2.45, 2.75) is 19.3 Å². The number of rotatable bonds is 2. The van der Waals surface area contributed by atoms with Gasteiger partial charge >= 0.3 is 0 Å². The maximum atomic E-state index is 9.33. The molecule has 0 saturated carbocycles. The summed E-state index contributed by atoms with van der Waals surface area (Å²) >= 11 is 2.32. The topological polar surface area (TPSA) is 41.6 Å². The Morgan fingerprint density at radius 3 is 2.82 bits per heavy atom. The van der Waals surface area contributed by atoms with Gasteiger partial charge in [0.05, 0.1) is 26.2 Å². The summed E-state index contributed by atoms with van der Waals surface area (Å²) in [4.78, 5) is 4.45. The van der Waals surface area contributed by atoms with Gasteiger partial charge in [-0.1, -0.05) is 0 Å². The summed E-state index contributed by atoms with van der Waals surface area (Å²) in [6.07, 6.45) is 1.79. The molecule has 88 valence electrons. The molecule has 0 aliphatic carbocycles. The minimum Gasteiger partial charge on any atom is -0.316 e. The van der Waals surface area contributed by atoms with Gasteiger partial charge in [0.15, 0.2) is 0 Å². The van der Waals surface area contributed by atoms with Gasteiger partial charge in [-0.2, -0.15) is 5.26 Å². The fourth-order valence-electron chi connectivity index (χ4n) is 1.91. The molecule has 0 bridgehead atoms. The molecule has 3 nitrogen and oxygen atoms in total. The standard InChI is InChI=1S/C12H13IN3P/c1-12(2,7-14)9-10-8(5-4-6-15-10)16(17-3)11(9)13/h4-6,17H,1-3H3. The summed E-state index contributed by atoms with van der Waals surface area (Å²) in [6.45, 7) is 6.03. The third kappa shape index (κ3) is 1.96. The fraction of sp³-hybridized carbons (Fsp3) is 0.333. The monoisotopic (exact) mass is 357 g/mol. The smallest absolute Gasteiger partial charge is 0.0942 e. The Bertz CT molecular complexity index is 610. The average Bonchev–Trinajstić information content (AvgIpc) is 2.61. The quantitative estimate of drug-likeness (QED) is 0.610. The predicted octanol–water partition coefficient (Wildman–Crippen LogP) is 3.51. The summed E-state index contributed by atoms with van der Waals surface area (Å²) in [5.74, 6) is 0. The molecular weight excluding hydrogens is 344 g/mol. The van der Waals surface area contributed by atoms with Gasteiger partial charge in [0.2, 0.25) is 0 Å². The lowest BCUT2D eigenvalue weighted by molar-refractivity contribution is 0.686. The molecule has 2 rings (SSSR count). The van der Waals surface area contributed by atoms with E-state index >= 15 is 0 Å². The lowest BCUT2D eigenvalue weighted by atomic mass is 9.87. The first kappa shape index (κ1) is 12.8. The largest absolute Gasteiger partial charge is 0.316 e. The van der Waals surface area contributed by atoms with E-state index in [-0.39, 0.29) is 0 Å². The van der Waals surface area contributed by atoms with Gasteiger partial charge in [0.1, 0.15) is 0 Å². The molecule has 2 heterocycles. The molecule has 17 heavy (non-hydrogen) atoms. The van der Waals surface area contributed by atoms with Crippen molar-refractivity contribution in [2.24, 2.45) is 0 Å². The van der Waals surface area contributed by atoms with E-state index in [1.54, 1.807) is 6.20 Å². The van der Waals surface area contributed by atoms with Crippen LogP contribution in [0.4, 0.5) is 0 Å². The SMILES string of the molecule is CPn1c(I)c(C(C)(C)C#N)c2ncccc21. The normalized spacial score (nSPS) is 12.4. The van der Waals surface area contributed by atoms with E-state index in [4.69, 9.17) is 0 Å². The van der Waals surface area contributed by atoms with Crippen LogP contribution < -0.4 is 0 Å². The highest BCUT2D eigenvalue weighted by atomic mass is 127. The number of nitriles is 1. The van der Waals surface area contributed by atoms with Crippen molar-refractivity contribution in [3.63, 3.8) is 0 Å². The Balaban J connectivity index is 2.90. The first-order valence-electron chi connectivity index (χ1n) is 5.27. The number of aromatic nitrogens is 2. The summed E-state index contributed by atoms with van der Waals surface area (Å²) in [7, 11) is 0.644. The average molecular weight is 357 g/mol. The van der Waals surface area contributed by atoms with Crippen molar-refractivity contribution in [3.8, 4) is 6.07 Å². The van der Waals surface area contributed by atoms with Crippen LogP contribution in [0.1, 0.15) is 19.4 Å². The highest BCUT2D eigenvalue weighted by molar-refractivity contribution is 14.1. The Kier molecular flexibility index (Phi) is 3.42. The molecule has 2 aromatic heterocycles. The number of hydrogen-bond donors (Lipinski definition) is 0. The van der Waals surface area contributed by atoms with Gasteiger partial charge < -0.3 is 4.34 Å². The summed E-state index contributed by atoms with van der Waals surface area (Å²) in [5, 5.41) is 9.33. The van der Waals surface area contributed by atoms with Gasteiger partial charge in [-0.3, -0.25) is 4.98 Å². The minimum atomic E-state index is -0.506. The first-order chi connectivity index (χ1) is 8.03. The van der Waals surface area contributed by atoms with Gasteiger partial charge in [0.25, 0.3) is 0 Å². The highest BCUT2D eigenvalue weighted by Crippen LogP contribution is 2.37. The van der Waals surface area contributed by atoms with Crippen molar-refractivity contribution in [1.82, 2.24) is 9.32 Å². The van der Waals surface area contributed by atoms with Gasteiger partial charge in [-0.05, 0) is 64.0 Å². The fourth-order valence-corrected chi connectivity index (χ4v) is 4.56. The second-order valence-electron chi connectivity index (χ2n) is 4.33. The van der Waals surface area contributed by atoms with Crippen molar-refractivity contribution in [3.05, 3.63) is 27.6 Å². The van der Waals surface area contributed by atoms with Crippen LogP contribution >= 0.6 is 31.3 Å². The van der Waals surface area contributed by atoms with E-state index in [2.05, 4.69) is 50.7 Å². The molecule has 0 aromatic carbocycles. The second kappa shape index (κ2) is 4.55. The molecule has 0 aliphatic heterocycles. The summed E-state index contributed by atoms with van der Waals surface area (Å²) < 4.78 is 3.36. The van der Waals surface area contributed by atoms with Crippen LogP contribution in [-0.2, 0) is 5.41 Å². The summed E-state index contributed by atoms with van der Waals surface area (Å²) in [5.41, 5.74) is 2.62. The first-order valence-corrected chi connectivity index (χ1v) is 7.80. The van der Waals surface area contributed by atoms with Crippen LogP contribution in [0.3, 0.4) is 0 Å². The third-order valence-electron chi connectivity index (χ3n) is 2.79. The molecule has 0 fully saturated rings. The lowest BCUT2D eigenvalue weighted by Crippen LogP contribution is -2.15. The van der Waals surface area contributed by atoms with Gasteiger partial charge in [-0.15, -0.1) is 0 Å². The zero-order valence-corrected chi connectivity index (χ0v) is 13.1. The second-order valence-corrected chi connectivity index (χ2v) is 6.25. The molecule has 5 heteroatoms. The summed E-state index contributed by atoms with van der Waals surface area (Å²) in [6, 6.07) is 6.38. The Labute approximate surface area is 116 Å². The molecule has 2 aromatic rings. The molecule has 0 radical (unpaired) electrons. The van der Waals surface area contributed by atoms with E-state index in [9.17, 15) is 5.26 Å². The number of nitrogens with zero attached hydrogens (tertiary/aromatic N) is 3. The zero-order chi connectivity index (χ0) is 12.6. The number of fused-ring (bicyclic) bond motifs is 1. The molecule has 0 N–H and O–H groups in total. The maximum Gasteiger partial charge on any atom is 0.0942 e. The predicted molar refractivity (Wildman–Crippen MR) is 80.7 cm³/mol. The molecule has 1 atom stereocenters. The van der Waals surface area contributed by atoms with Crippen molar-refractivity contribution >= 4 is 42.4 Å². The lowest BCUT2D eigenvalue weighted by Gasteiger charge is -2.15. The van der Waals surface area contributed by atoms with Crippen LogP contribution in [-0.4, -0.2) is 16.0 Å². The van der Waals surface area contributed by atoms with Gasteiger partial charge in [-0.25, -0.2) is 0 Å². The zero-order valence-electron chi connectivity index (χ0n) is 9.95. The van der Waals surface area contributed by atoms with Crippen LogP contribution in [0.25, 0.3) is 11.0 Å². The maximum absolute atomic E-state index is 9.33. The molecule has 0 saturated heterocycles. The van der Waals surface area contributed by atoms with Crippen LogP contribution in [0.15, 0.2) is 18.3 Å². The van der Waals surface area contributed by atoms with Crippen LogP contribution in [0, 0.1) is 15.0 Å². The van der Waals surface area contributed by atoms with Crippen molar-refractivity contribution in [2.75, 3.05) is 6.66 Å². The molecule has 0 aliphatic rings. The number of hydrogen-bond acceptors (Lipinski definition) is 2. The van der Waals surface area contributed by atoms with Crippen LogP contribution in [0.5, 0.6) is 0 Å². The number of pyridine rings is 1. The molecule has 0 spiro atoms. The number of halogens is 1. The highest BCUT2D eigenvalue weighted by Gasteiger charge is 2.29. The molecular formula is C12H13IN3P. The van der Waals surface area contributed by atoms with E-state index in [1.807, 2.05) is 19.9 Å². The van der Waals surface area contributed by atoms with Crippen LogP contribution in [0.2, 0.25) is 0 Å². The molecule has 1 unspecified atom stereocenters. The Morgan fingerprint density at radius 2 is 2.24 bits per heavy atom. The van der Waals surface area contributed by atoms with E-state index < -0.39 is 5.41 Å². The van der Waals surface area contributed by atoms with E-state index in [1.165, 1.54) is 0 Å². The Hall–Kier alpha value is -0.660. The van der Waals surface area contributed by atoms with E-state index in [0.717, 1.165) is 20.3 Å². The molecule has 0 amide bonds. The van der Waals surface area contributed by atoms with E-state index in [0.29, 0.717) is 8.73 Å².